The van der Waals surface area contributed by atoms with E-state index in [1.165, 1.54) is 0 Å². The van der Waals surface area contributed by atoms with Crippen LogP contribution < -0.4 is 10.6 Å². The highest BCUT2D eigenvalue weighted by atomic mass is 79.9. The molecule has 4 aliphatic carbocycles. The van der Waals surface area contributed by atoms with Gasteiger partial charge in [-0.25, -0.2) is 18.7 Å². The Morgan fingerprint density at radius 1 is 1.35 bits per heavy atom. The summed E-state index contributed by atoms with van der Waals surface area (Å²) >= 11 is 3.47. The van der Waals surface area contributed by atoms with Crippen molar-refractivity contribution >= 4 is 39.2 Å². The number of nitrogens with one attached hydrogen (secondary N) is 3. The number of rotatable bonds is 5. The molecule has 4 saturated carbocycles. The molecule has 3 aromatic heterocycles. The van der Waals surface area contributed by atoms with Crippen LogP contribution in [0.5, 0.6) is 0 Å². The summed E-state index contributed by atoms with van der Waals surface area (Å²) in [5.41, 5.74) is 1.37. The third-order valence-electron chi connectivity index (χ3n) is 6.80. The van der Waals surface area contributed by atoms with Crippen molar-refractivity contribution in [3.05, 3.63) is 34.8 Å². The largest absolute Gasteiger partial charge is 0.443 e. The second-order valence-electron chi connectivity index (χ2n) is 8.85. The molecule has 4 fully saturated rings. The number of carbonyl (C=O) groups is 1. The minimum atomic E-state index is -1.28. The van der Waals surface area contributed by atoms with E-state index < -0.39 is 24.3 Å². The van der Waals surface area contributed by atoms with Crippen molar-refractivity contribution in [3.63, 3.8) is 0 Å². The van der Waals surface area contributed by atoms with Crippen molar-refractivity contribution in [1.29, 1.82) is 0 Å². The van der Waals surface area contributed by atoms with Gasteiger partial charge in [-0.2, -0.15) is 10.2 Å². The lowest BCUT2D eigenvalue weighted by molar-refractivity contribution is -0.0532. The fraction of sp³-hybridized carbons (Fsp3) is 0.500. The normalized spacial score (nSPS) is 31.2. The van der Waals surface area contributed by atoms with Gasteiger partial charge in [-0.05, 0) is 54.0 Å². The quantitative estimate of drug-likeness (QED) is 0.502. The fourth-order valence-electron chi connectivity index (χ4n) is 5.10. The van der Waals surface area contributed by atoms with Gasteiger partial charge in [0.15, 0.2) is 11.6 Å². The van der Waals surface area contributed by atoms with E-state index in [-0.39, 0.29) is 5.54 Å². The number of ether oxygens (including phenoxy) is 1. The number of alkyl halides is 1. The lowest BCUT2D eigenvalue weighted by Crippen LogP contribution is -2.68. The summed E-state index contributed by atoms with van der Waals surface area (Å²) in [5, 5.41) is 17.5. The molecule has 7 rings (SSSR count). The zero-order valence-corrected chi connectivity index (χ0v) is 18.1. The van der Waals surface area contributed by atoms with E-state index in [0.717, 1.165) is 35.2 Å². The summed E-state index contributed by atoms with van der Waals surface area (Å²) in [5.74, 6) is 1.47. The Hall–Kier alpha value is -2.69. The van der Waals surface area contributed by atoms with Crippen LogP contribution in [0.25, 0.3) is 5.52 Å². The summed E-state index contributed by atoms with van der Waals surface area (Å²) in [4.78, 5) is 16.5. The first kappa shape index (κ1) is 19.0. The first-order valence-electron chi connectivity index (χ1n) is 10.4. The molecular weight excluding hydrogens is 469 g/mol. The maximum absolute atomic E-state index is 15.1. The van der Waals surface area contributed by atoms with Gasteiger partial charge in [0, 0.05) is 35.6 Å². The van der Waals surface area contributed by atoms with Crippen LogP contribution in [0.4, 0.5) is 20.8 Å². The number of fused-ring (bicyclic) bond motifs is 1. The Labute approximate surface area is 185 Å². The average molecular weight is 490 g/mol. The Morgan fingerprint density at radius 3 is 2.97 bits per heavy atom. The molecule has 0 aliphatic heterocycles. The molecule has 3 atom stereocenters. The maximum Gasteiger partial charge on any atom is 0.407 e. The number of halogens is 2. The van der Waals surface area contributed by atoms with Gasteiger partial charge in [0.2, 0.25) is 0 Å². The Morgan fingerprint density at radius 2 is 2.19 bits per heavy atom. The van der Waals surface area contributed by atoms with E-state index in [1.54, 1.807) is 29.2 Å². The molecule has 11 heteroatoms. The molecule has 2 bridgehead atoms. The van der Waals surface area contributed by atoms with E-state index in [4.69, 9.17) is 4.74 Å². The number of anilines is 2. The minimum Gasteiger partial charge on any atom is -0.443 e. The SMILES string of the molecule is O=C(NC12CC(C1)C2)O[C@H]1CC[C@@H](c2cc(Nc3nccn4ncc(Br)c34)n[nH]2)[C@@H]1F. The van der Waals surface area contributed by atoms with Gasteiger partial charge in [0.1, 0.15) is 17.8 Å². The topological polar surface area (TPSA) is 109 Å². The molecule has 9 nitrogen and oxygen atoms in total. The van der Waals surface area contributed by atoms with Crippen LogP contribution >= 0.6 is 15.9 Å². The number of H-pyrrole nitrogens is 1. The Kier molecular flexibility index (Phi) is 4.24. The molecule has 0 spiro atoms. The third-order valence-corrected chi connectivity index (χ3v) is 7.38. The maximum atomic E-state index is 15.1. The number of amides is 1. The zero-order valence-electron chi connectivity index (χ0n) is 16.5. The Balaban J connectivity index is 1.12. The van der Waals surface area contributed by atoms with Crippen molar-refractivity contribution in [2.75, 3.05) is 5.32 Å². The van der Waals surface area contributed by atoms with Crippen LogP contribution in [-0.2, 0) is 4.74 Å². The number of nitrogens with zero attached hydrogens (tertiary/aromatic N) is 4. The van der Waals surface area contributed by atoms with Gasteiger partial charge in [0.25, 0.3) is 0 Å². The van der Waals surface area contributed by atoms with Crippen LogP contribution in [0.15, 0.2) is 29.1 Å². The van der Waals surface area contributed by atoms with Gasteiger partial charge in [-0.3, -0.25) is 5.10 Å². The minimum absolute atomic E-state index is 0.0725. The molecule has 4 aliphatic rings. The van der Waals surface area contributed by atoms with Gasteiger partial charge in [-0.1, -0.05) is 0 Å². The molecule has 0 saturated heterocycles. The molecule has 0 unspecified atom stereocenters. The zero-order chi connectivity index (χ0) is 21.2. The predicted octanol–water partition coefficient (Wildman–Crippen LogP) is 3.82. The molecule has 3 heterocycles. The van der Waals surface area contributed by atoms with Crippen molar-refractivity contribution in [2.24, 2.45) is 5.92 Å². The highest BCUT2D eigenvalue weighted by molar-refractivity contribution is 9.10. The number of alkyl carbamates (subject to hydrolysis) is 1. The van der Waals surface area contributed by atoms with Gasteiger partial charge >= 0.3 is 6.09 Å². The highest BCUT2D eigenvalue weighted by Gasteiger charge is 2.58. The van der Waals surface area contributed by atoms with Crippen LogP contribution in [0.3, 0.4) is 0 Å². The summed E-state index contributed by atoms with van der Waals surface area (Å²) in [7, 11) is 0. The number of aromatic nitrogens is 5. The van der Waals surface area contributed by atoms with E-state index in [9.17, 15) is 4.79 Å². The van der Waals surface area contributed by atoms with E-state index in [0.29, 0.717) is 30.2 Å². The van der Waals surface area contributed by atoms with E-state index >= 15 is 4.39 Å². The number of aromatic amines is 1. The molecule has 162 valence electrons. The average Bonchev–Trinajstić information content (AvgIpc) is 3.39. The summed E-state index contributed by atoms with van der Waals surface area (Å²) in [6.45, 7) is 0. The van der Waals surface area contributed by atoms with Gasteiger partial charge < -0.3 is 15.4 Å². The molecule has 0 aromatic carbocycles. The number of carbonyl (C=O) groups excluding carboxylic acids is 1. The van der Waals surface area contributed by atoms with Crippen molar-refractivity contribution in [1.82, 2.24) is 30.1 Å². The van der Waals surface area contributed by atoms with E-state index in [1.807, 2.05) is 0 Å². The first-order valence-corrected chi connectivity index (χ1v) is 11.2. The number of hydrogen-bond acceptors (Lipinski definition) is 6. The standard InChI is InChI=1S/C20H21BrFN7O2/c21-12-9-24-29-4-3-23-18(17(12)29)25-15-5-13(27-28-15)11-1-2-14(16(11)22)31-19(30)26-20-6-10(7-20)8-20/h3-5,9-11,14,16H,1-2,6-8H2,(H,26,30)(H2,23,25,27,28)/t10?,11-,14-,16-,20?/m0/s1. The van der Waals surface area contributed by atoms with Crippen LogP contribution in [0, 0.1) is 5.92 Å². The third kappa shape index (κ3) is 3.17. The van der Waals surface area contributed by atoms with Crippen LogP contribution in [0.2, 0.25) is 0 Å². The monoisotopic (exact) mass is 489 g/mol. The molecule has 3 aromatic rings. The summed E-state index contributed by atoms with van der Waals surface area (Å²) in [6.07, 6.45) is 6.70. The molecule has 1 amide bonds. The molecule has 0 radical (unpaired) electrons. The van der Waals surface area contributed by atoms with Crippen LogP contribution in [-0.4, -0.2) is 48.7 Å². The molecule has 31 heavy (non-hydrogen) atoms. The van der Waals surface area contributed by atoms with Gasteiger partial charge in [0.05, 0.1) is 10.7 Å². The highest BCUT2D eigenvalue weighted by Crippen LogP contribution is 2.57. The summed E-state index contributed by atoms with van der Waals surface area (Å²) in [6, 6.07) is 1.77. The second kappa shape index (κ2) is 6.91. The van der Waals surface area contributed by atoms with Crippen molar-refractivity contribution in [3.8, 4) is 0 Å². The lowest BCUT2D eigenvalue weighted by Gasteiger charge is -2.61. The van der Waals surface area contributed by atoms with Crippen molar-refractivity contribution in [2.45, 2.75) is 55.8 Å². The molecular formula is C20H21BrFN7O2. The first-order chi connectivity index (χ1) is 15.0. The smallest absolute Gasteiger partial charge is 0.407 e. The predicted molar refractivity (Wildman–Crippen MR) is 113 cm³/mol. The lowest BCUT2D eigenvalue weighted by atomic mass is 9.50. The van der Waals surface area contributed by atoms with Gasteiger partial charge in [-0.15, -0.1) is 0 Å². The fourth-order valence-corrected chi connectivity index (χ4v) is 5.56. The Bertz CT molecular complexity index is 1150. The van der Waals surface area contributed by atoms with Crippen molar-refractivity contribution < 1.29 is 13.9 Å². The van der Waals surface area contributed by atoms with Crippen LogP contribution in [0.1, 0.15) is 43.7 Å². The molecule has 3 N–H and O–H groups in total. The number of hydrogen-bond donors (Lipinski definition) is 3. The second-order valence-corrected chi connectivity index (χ2v) is 9.71. The summed E-state index contributed by atoms with van der Waals surface area (Å²) < 4.78 is 23.0. The van der Waals surface area contributed by atoms with E-state index in [2.05, 4.69) is 46.8 Å².